The van der Waals surface area contributed by atoms with Gasteiger partial charge in [0.15, 0.2) is 5.95 Å². The fourth-order valence-electron chi connectivity index (χ4n) is 6.13. The summed E-state index contributed by atoms with van der Waals surface area (Å²) in [5.41, 5.74) is 9.75. The molecule has 1 amide bonds. The number of ether oxygens (including phenoxy) is 2. The molecule has 2 aliphatic rings. The number of H-pyrrole nitrogens is 2. The summed E-state index contributed by atoms with van der Waals surface area (Å²) in [6.45, 7) is 8.15. The average Bonchev–Trinajstić information content (AvgIpc) is 3.90. The number of halogens is 2. The van der Waals surface area contributed by atoms with Gasteiger partial charge in [0.1, 0.15) is 17.0 Å². The van der Waals surface area contributed by atoms with Crippen LogP contribution in [0.1, 0.15) is 34.6 Å². The maximum Gasteiger partial charge on any atom is 0.260 e. The van der Waals surface area contributed by atoms with Crippen molar-refractivity contribution in [3.05, 3.63) is 70.0 Å². The molecule has 5 aromatic rings. The Morgan fingerprint density at radius 3 is 2.06 bits per heavy atom. The van der Waals surface area contributed by atoms with E-state index in [1.54, 1.807) is 30.6 Å². The molecule has 5 N–H and O–H groups in total. The van der Waals surface area contributed by atoms with Gasteiger partial charge in [0, 0.05) is 68.9 Å². The van der Waals surface area contributed by atoms with Gasteiger partial charge in [-0.3, -0.25) is 29.9 Å². The number of methoxy groups -OCH3 is 2. The zero-order chi connectivity index (χ0) is 35.2. The van der Waals surface area contributed by atoms with Crippen molar-refractivity contribution in [2.24, 2.45) is 0 Å². The number of aromatic amines is 2. The third-order valence-electron chi connectivity index (χ3n) is 8.80. The third kappa shape index (κ3) is 8.11. The van der Waals surface area contributed by atoms with Crippen LogP contribution in [0, 0.1) is 0 Å². The van der Waals surface area contributed by atoms with Crippen molar-refractivity contribution in [1.82, 2.24) is 44.6 Å². The molecular weight excluding hydrogens is 681 g/mol. The molecule has 14 nitrogen and oxygen atoms in total. The molecule has 50 heavy (non-hydrogen) atoms. The van der Waals surface area contributed by atoms with E-state index in [1.165, 1.54) is 46.3 Å². The summed E-state index contributed by atoms with van der Waals surface area (Å²) in [6.07, 6.45) is 9.28. The number of hydrogen-bond donors (Lipinski definition) is 4. The maximum atomic E-state index is 13.3. The number of anilines is 2. The lowest BCUT2D eigenvalue weighted by Crippen LogP contribution is -2.43. The van der Waals surface area contributed by atoms with E-state index in [0.717, 1.165) is 50.7 Å². The number of carbonyl (C=O) groups is 1. The van der Waals surface area contributed by atoms with Crippen molar-refractivity contribution in [3.63, 3.8) is 0 Å². The number of benzene rings is 2. The second-order valence-electron chi connectivity index (χ2n) is 12.3. The lowest BCUT2D eigenvalue weighted by atomic mass is 9.99. The minimum absolute atomic E-state index is 0.297. The van der Waals surface area contributed by atoms with Gasteiger partial charge in [0.05, 0.1) is 59.1 Å². The summed E-state index contributed by atoms with van der Waals surface area (Å²) in [4.78, 5) is 43.8. The molecule has 0 unspecified atom stereocenters. The Morgan fingerprint density at radius 2 is 1.44 bits per heavy atom. The summed E-state index contributed by atoms with van der Waals surface area (Å²) in [5, 5.41) is 3.44. The smallest absolute Gasteiger partial charge is 0.260 e. The minimum atomic E-state index is -0.372. The number of likely N-dealkylation sites (tertiary alicyclic amines) is 1. The van der Waals surface area contributed by atoms with Crippen LogP contribution in [0.5, 0.6) is 11.5 Å². The molecule has 5 heterocycles. The molecule has 0 saturated carbocycles. The Balaban J connectivity index is 0.000000302. The van der Waals surface area contributed by atoms with Crippen molar-refractivity contribution in [2.45, 2.75) is 25.9 Å². The summed E-state index contributed by atoms with van der Waals surface area (Å²) < 4.78 is 10.8. The fraction of sp³-hybridized carbons (Fsp3) is 0.382. The first-order chi connectivity index (χ1) is 24.2. The van der Waals surface area contributed by atoms with Crippen molar-refractivity contribution in [1.29, 1.82) is 0 Å². The van der Waals surface area contributed by atoms with Gasteiger partial charge in [0.2, 0.25) is 5.95 Å². The highest BCUT2D eigenvalue weighted by molar-refractivity contribution is 6.41. The highest BCUT2D eigenvalue weighted by Crippen LogP contribution is 2.47. The molecule has 2 aliphatic heterocycles. The van der Waals surface area contributed by atoms with Gasteiger partial charge in [-0.25, -0.2) is 9.97 Å². The number of nitrogens with one attached hydrogen (secondary N) is 3. The summed E-state index contributed by atoms with van der Waals surface area (Å²) >= 11 is 13.3. The summed E-state index contributed by atoms with van der Waals surface area (Å²) in [6, 6.07) is 5.01. The molecule has 264 valence electrons. The van der Waals surface area contributed by atoms with E-state index in [2.05, 4.69) is 57.0 Å². The first-order valence-electron chi connectivity index (χ1n) is 16.4. The Hall–Kier alpha value is -4.47. The first-order valence-corrected chi connectivity index (χ1v) is 17.1. The number of hydrogen-bond acceptors (Lipinski definition) is 11. The van der Waals surface area contributed by atoms with Crippen LogP contribution in [-0.4, -0.2) is 111 Å². The van der Waals surface area contributed by atoms with E-state index in [4.69, 9.17) is 38.4 Å². The largest absolute Gasteiger partial charge is 0.495 e. The second kappa shape index (κ2) is 16.0. The van der Waals surface area contributed by atoms with Crippen LogP contribution in [0.3, 0.4) is 0 Å². The molecule has 2 fully saturated rings. The van der Waals surface area contributed by atoms with Gasteiger partial charge in [0.25, 0.3) is 5.91 Å². The highest BCUT2D eigenvalue weighted by Gasteiger charge is 2.24. The predicted molar refractivity (Wildman–Crippen MR) is 195 cm³/mol. The Labute approximate surface area is 300 Å². The first kappa shape index (κ1) is 35.4. The standard InChI is InChI=1S/C26H27Cl2N7O3.C8H14N4/c1-34-8-10-35(11-9-34)14-15-13-31-26(32-15)33-25(36)17-5-4-16(23-24(17)30-7-6-29-23)20-21(27)18(37-2)12-19(38-3)22(20)28;9-8-10-5-7(11-8)6-12-3-1-2-4-12/h4-7,12-13H,8-11,14H2,1-3H3,(H2,31,32,33,36);5H,1-4,6H2,(H3,9,10,11). The Kier molecular flexibility index (Phi) is 11.3. The van der Waals surface area contributed by atoms with Gasteiger partial charge in [-0.05, 0) is 39.0 Å². The maximum absolute atomic E-state index is 13.3. The fourth-order valence-corrected chi connectivity index (χ4v) is 6.83. The number of piperazine rings is 1. The van der Waals surface area contributed by atoms with Gasteiger partial charge < -0.3 is 30.1 Å². The van der Waals surface area contributed by atoms with Crippen molar-refractivity contribution < 1.29 is 14.3 Å². The number of nitrogens with zero attached hydrogens (tertiary/aromatic N) is 7. The van der Waals surface area contributed by atoms with Gasteiger partial charge in [-0.15, -0.1) is 0 Å². The molecule has 0 radical (unpaired) electrons. The minimum Gasteiger partial charge on any atom is -0.495 e. The number of amides is 1. The van der Waals surface area contributed by atoms with Crippen LogP contribution < -0.4 is 20.5 Å². The zero-order valence-corrected chi connectivity index (χ0v) is 29.8. The Morgan fingerprint density at radius 1 is 0.840 bits per heavy atom. The van der Waals surface area contributed by atoms with Gasteiger partial charge >= 0.3 is 0 Å². The quantitative estimate of drug-likeness (QED) is 0.163. The molecule has 16 heteroatoms. The van der Waals surface area contributed by atoms with E-state index in [-0.39, 0.29) is 5.91 Å². The number of fused-ring (bicyclic) bond motifs is 1. The molecule has 2 aromatic carbocycles. The van der Waals surface area contributed by atoms with Gasteiger partial charge in [-0.1, -0.05) is 29.3 Å². The van der Waals surface area contributed by atoms with Crippen LogP contribution in [0.25, 0.3) is 22.2 Å². The average molecular weight is 723 g/mol. The number of aromatic nitrogens is 6. The molecule has 2 saturated heterocycles. The molecule has 0 atom stereocenters. The van der Waals surface area contributed by atoms with E-state index >= 15 is 0 Å². The van der Waals surface area contributed by atoms with Crippen molar-refractivity contribution >= 4 is 52.0 Å². The van der Waals surface area contributed by atoms with Crippen LogP contribution in [0.4, 0.5) is 11.9 Å². The molecule has 0 aliphatic carbocycles. The van der Waals surface area contributed by atoms with Crippen LogP contribution in [0.15, 0.2) is 43.0 Å². The number of nitrogens with two attached hydrogens (primary N) is 1. The SMILES string of the molecule is COc1cc(OC)c(Cl)c(-c2ccc(C(=O)Nc3ncc(CN4CCN(C)CC4)[nH]3)c3nccnc23)c1Cl.Nc1ncc(CN2CCCC2)[nH]1. The van der Waals surface area contributed by atoms with E-state index in [9.17, 15) is 4.79 Å². The number of likely N-dealkylation sites (N-methyl/N-ethyl adjacent to an activating group) is 1. The van der Waals surface area contributed by atoms with Crippen LogP contribution in [-0.2, 0) is 13.1 Å². The topological polar surface area (TPSA) is 166 Å². The lowest BCUT2D eigenvalue weighted by Gasteiger charge is -2.31. The summed E-state index contributed by atoms with van der Waals surface area (Å²) in [7, 11) is 5.14. The molecule has 7 rings (SSSR count). The molecule has 3 aromatic heterocycles. The molecule has 0 bridgehead atoms. The van der Waals surface area contributed by atoms with E-state index in [1.807, 2.05) is 6.20 Å². The van der Waals surface area contributed by atoms with E-state index in [0.29, 0.717) is 61.2 Å². The second-order valence-corrected chi connectivity index (χ2v) is 13.0. The Bertz CT molecular complexity index is 1910. The molecule has 0 spiro atoms. The number of carbonyl (C=O) groups excluding carboxylic acids is 1. The van der Waals surface area contributed by atoms with Crippen LogP contribution in [0.2, 0.25) is 10.0 Å². The van der Waals surface area contributed by atoms with E-state index < -0.39 is 0 Å². The monoisotopic (exact) mass is 721 g/mol. The third-order valence-corrected chi connectivity index (χ3v) is 9.55. The highest BCUT2D eigenvalue weighted by atomic mass is 35.5. The normalized spacial score (nSPS) is 15.5. The predicted octanol–water partition coefficient (Wildman–Crippen LogP) is 4.93. The van der Waals surface area contributed by atoms with Crippen molar-refractivity contribution in [3.8, 4) is 22.6 Å². The van der Waals surface area contributed by atoms with Crippen molar-refractivity contribution in [2.75, 3.05) is 71.6 Å². The van der Waals surface area contributed by atoms with Crippen LogP contribution >= 0.6 is 23.2 Å². The number of nitrogen functional groups attached to an aromatic ring is 1. The number of rotatable bonds is 9. The van der Waals surface area contributed by atoms with Gasteiger partial charge in [-0.2, -0.15) is 0 Å². The molecular formula is C34H41Cl2N11O3. The summed E-state index contributed by atoms with van der Waals surface area (Å²) in [5.74, 6) is 1.30. The lowest BCUT2D eigenvalue weighted by molar-refractivity contribution is 0.102. The zero-order valence-electron chi connectivity index (χ0n) is 28.3. The number of imidazole rings is 2.